The maximum atomic E-state index is 12.5. The highest BCUT2D eigenvalue weighted by Crippen LogP contribution is 2.25. The largest absolute Gasteiger partial charge is 0.347 e. The Morgan fingerprint density at radius 2 is 1.81 bits per heavy atom. The second-order valence-electron chi connectivity index (χ2n) is 7.72. The number of hydrogen-bond acceptors (Lipinski definition) is 4. The fourth-order valence-corrected chi connectivity index (χ4v) is 4.07. The van der Waals surface area contributed by atoms with Crippen molar-refractivity contribution in [3.8, 4) is 11.3 Å². The van der Waals surface area contributed by atoms with Crippen LogP contribution in [0.5, 0.6) is 0 Å². The first kappa shape index (κ1) is 19.5. The Bertz CT molecular complexity index is 1240. The molecule has 1 aliphatic rings. The molecule has 1 fully saturated rings. The van der Waals surface area contributed by atoms with Crippen LogP contribution in [0.3, 0.4) is 0 Å². The van der Waals surface area contributed by atoms with E-state index in [0.717, 1.165) is 24.2 Å². The van der Waals surface area contributed by atoms with Gasteiger partial charge in [0, 0.05) is 41.5 Å². The van der Waals surface area contributed by atoms with Gasteiger partial charge in [-0.3, -0.25) is 4.79 Å². The number of amides is 1. The quantitative estimate of drug-likeness (QED) is 0.499. The number of carbonyl (C=O) groups excluding carboxylic acids is 1. The molecule has 0 saturated carbocycles. The topological polar surface area (TPSA) is 58.1 Å². The van der Waals surface area contributed by atoms with Gasteiger partial charge in [-0.2, -0.15) is 0 Å². The number of carbonyl (C=O) groups is 1. The Balaban J connectivity index is 1.30. The normalized spacial score (nSPS) is 15.9. The zero-order chi connectivity index (χ0) is 21.2. The molecular weight excluding hydrogens is 408 g/mol. The molecule has 5 rings (SSSR count). The Morgan fingerprint density at radius 1 is 1.00 bits per heavy atom. The van der Waals surface area contributed by atoms with Crippen molar-refractivity contribution in [3.05, 3.63) is 89.6 Å². The fraction of sp³-hybridized carbons (Fsp3) is 0.160. The molecule has 3 aromatic carbocycles. The van der Waals surface area contributed by atoms with Gasteiger partial charge >= 0.3 is 0 Å². The summed E-state index contributed by atoms with van der Waals surface area (Å²) in [5.74, 6) is 0.600. The molecule has 1 aliphatic heterocycles. The van der Waals surface area contributed by atoms with Crippen molar-refractivity contribution in [3.63, 3.8) is 0 Å². The van der Waals surface area contributed by atoms with Gasteiger partial charge in [-0.1, -0.05) is 48.0 Å². The van der Waals surface area contributed by atoms with Crippen molar-refractivity contribution in [1.29, 1.82) is 0 Å². The predicted molar refractivity (Wildman–Crippen MR) is 125 cm³/mol. The Morgan fingerprint density at radius 3 is 2.65 bits per heavy atom. The van der Waals surface area contributed by atoms with Crippen LogP contribution in [0.15, 0.2) is 79.0 Å². The first-order valence-corrected chi connectivity index (χ1v) is 10.7. The third-order valence-electron chi connectivity index (χ3n) is 5.60. The molecule has 1 saturated heterocycles. The summed E-state index contributed by atoms with van der Waals surface area (Å²) >= 11 is 5.91. The minimum Gasteiger partial charge on any atom is -0.347 e. The van der Waals surface area contributed by atoms with E-state index in [2.05, 4.69) is 45.5 Å². The van der Waals surface area contributed by atoms with Crippen LogP contribution in [-0.4, -0.2) is 35.0 Å². The van der Waals surface area contributed by atoms with E-state index in [1.165, 1.54) is 10.8 Å². The van der Waals surface area contributed by atoms with Crippen molar-refractivity contribution in [2.75, 3.05) is 18.0 Å². The van der Waals surface area contributed by atoms with Gasteiger partial charge in [-0.25, -0.2) is 9.97 Å². The van der Waals surface area contributed by atoms with E-state index in [1.807, 2.05) is 18.2 Å². The smallest absolute Gasteiger partial charge is 0.251 e. The average molecular weight is 429 g/mol. The van der Waals surface area contributed by atoms with Crippen molar-refractivity contribution in [2.45, 2.75) is 12.5 Å². The van der Waals surface area contributed by atoms with Crippen molar-refractivity contribution in [1.82, 2.24) is 15.3 Å². The van der Waals surface area contributed by atoms with E-state index in [1.54, 1.807) is 30.5 Å². The molecule has 1 atom stereocenters. The van der Waals surface area contributed by atoms with Gasteiger partial charge in [0.25, 0.3) is 5.91 Å². The molecule has 1 unspecified atom stereocenters. The molecular formula is C25H21ClN4O. The van der Waals surface area contributed by atoms with E-state index >= 15 is 0 Å². The van der Waals surface area contributed by atoms with Gasteiger partial charge in [0.1, 0.15) is 0 Å². The van der Waals surface area contributed by atoms with Crippen LogP contribution in [0, 0.1) is 0 Å². The van der Waals surface area contributed by atoms with Crippen LogP contribution in [0.2, 0.25) is 5.02 Å². The molecule has 31 heavy (non-hydrogen) atoms. The predicted octanol–water partition coefficient (Wildman–Crippen LogP) is 4.96. The summed E-state index contributed by atoms with van der Waals surface area (Å²) < 4.78 is 0. The van der Waals surface area contributed by atoms with Gasteiger partial charge in [0.2, 0.25) is 5.95 Å². The number of fused-ring (bicyclic) bond motifs is 1. The molecule has 154 valence electrons. The zero-order valence-corrected chi connectivity index (χ0v) is 17.6. The van der Waals surface area contributed by atoms with Crippen LogP contribution in [-0.2, 0) is 0 Å². The van der Waals surface area contributed by atoms with E-state index < -0.39 is 0 Å². The van der Waals surface area contributed by atoms with E-state index in [4.69, 9.17) is 16.6 Å². The third kappa shape index (κ3) is 4.23. The van der Waals surface area contributed by atoms with Crippen LogP contribution in [0.1, 0.15) is 16.8 Å². The molecule has 4 aromatic rings. The molecule has 2 heterocycles. The number of anilines is 1. The molecule has 0 bridgehead atoms. The van der Waals surface area contributed by atoms with Crippen molar-refractivity contribution in [2.24, 2.45) is 0 Å². The highest BCUT2D eigenvalue weighted by atomic mass is 35.5. The third-order valence-corrected chi connectivity index (χ3v) is 5.85. The van der Waals surface area contributed by atoms with Crippen molar-refractivity contribution < 1.29 is 4.79 Å². The number of rotatable bonds is 4. The maximum Gasteiger partial charge on any atom is 0.251 e. The summed E-state index contributed by atoms with van der Waals surface area (Å²) in [4.78, 5) is 23.9. The van der Waals surface area contributed by atoms with Crippen molar-refractivity contribution >= 4 is 34.2 Å². The maximum absolute atomic E-state index is 12.5. The number of hydrogen-bond donors (Lipinski definition) is 1. The molecule has 5 nitrogen and oxygen atoms in total. The summed E-state index contributed by atoms with van der Waals surface area (Å²) in [5.41, 5.74) is 2.57. The molecule has 0 aliphatic carbocycles. The van der Waals surface area contributed by atoms with Crippen LogP contribution in [0.4, 0.5) is 5.95 Å². The number of halogens is 1. The molecule has 1 aromatic heterocycles. The number of nitrogens with zero attached hydrogens (tertiary/aromatic N) is 3. The summed E-state index contributed by atoms with van der Waals surface area (Å²) in [6.45, 7) is 1.48. The summed E-state index contributed by atoms with van der Waals surface area (Å²) in [7, 11) is 0. The molecule has 6 heteroatoms. The van der Waals surface area contributed by atoms with Crippen LogP contribution >= 0.6 is 11.6 Å². The number of aromatic nitrogens is 2. The average Bonchev–Trinajstić information content (AvgIpc) is 3.28. The van der Waals surface area contributed by atoms with Gasteiger partial charge < -0.3 is 10.2 Å². The summed E-state index contributed by atoms with van der Waals surface area (Å²) in [5, 5.41) is 6.11. The number of benzene rings is 3. The lowest BCUT2D eigenvalue weighted by Gasteiger charge is -2.17. The summed E-state index contributed by atoms with van der Waals surface area (Å²) in [6, 6.07) is 23.6. The first-order chi connectivity index (χ1) is 15.2. The van der Waals surface area contributed by atoms with Gasteiger partial charge in [0.15, 0.2) is 0 Å². The minimum atomic E-state index is -0.0886. The van der Waals surface area contributed by atoms with Crippen LogP contribution < -0.4 is 10.2 Å². The SMILES string of the molecule is O=C(NC1CCN(c2nccc(-c3ccc4ccccc4c3)n2)C1)c1ccc(Cl)cc1. The first-order valence-electron chi connectivity index (χ1n) is 10.3. The standard InChI is InChI=1S/C25H21ClN4O/c26-21-9-7-18(8-10-21)24(31)28-22-12-14-30(16-22)25-27-13-11-23(29-25)20-6-5-17-3-1-2-4-19(17)15-20/h1-11,13,15,22H,12,14,16H2,(H,28,31). The second-order valence-corrected chi connectivity index (χ2v) is 8.15. The van der Waals surface area contributed by atoms with Gasteiger partial charge in [-0.15, -0.1) is 0 Å². The molecule has 0 radical (unpaired) electrons. The fourth-order valence-electron chi connectivity index (χ4n) is 3.94. The monoisotopic (exact) mass is 428 g/mol. The lowest BCUT2D eigenvalue weighted by atomic mass is 10.1. The highest BCUT2D eigenvalue weighted by Gasteiger charge is 2.26. The lowest BCUT2D eigenvalue weighted by Crippen LogP contribution is -2.37. The Hall–Kier alpha value is -3.44. The highest BCUT2D eigenvalue weighted by molar-refractivity contribution is 6.30. The Kier molecular flexibility index (Phi) is 5.26. The minimum absolute atomic E-state index is 0.0519. The lowest BCUT2D eigenvalue weighted by molar-refractivity contribution is 0.0940. The van der Waals surface area contributed by atoms with E-state index in [0.29, 0.717) is 23.1 Å². The molecule has 0 spiro atoms. The van der Waals surface area contributed by atoms with Crippen LogP contribution in [0.25, 0.3) is 22.0 Å². The zero-order valence-electron chi connectivity index (χ0n) is 16.8. The van der Waals surface area contributed by atoms with Gasteiger partial charge in [-0.05, 0) is 53.6 Å². The van der Waals surface area contributed by atoms with Gasteiger partial charge in [0.05, 0.1) is 5.69 Å². The number of nitrogens with one attached hydrogen (secondary N) is 1. The molecule has 1 N–H and O–H groups in total. The molecule has 1 amide bonds. The second kappa shape index (κ2) is 8.36. The van der Waals surface area contributed by atoms with E-state index in [-0.39, 0.29) is 11.9 Å². The Labute approximate surface area is 185 Å². The summed E-state index contributed by atoms with van der Waals surface area (Å²) in [6.07, 6.45) is 2.65. The van der Waals surface area contributed by atoms with E-state index in [9.17, 15) is 4.79 Å².